The molecule has 0 aromatic heterocycles. The van der Waals surface area contributed by atoms with E-state index in [2.05, 4.69) is 5.32 Å². The lowest BCUT2D eigenvalue weighted by molar-refractivity contribution is 0.410. The number of ether oxygens (including phenoxy) is 1. The van der Waals surface area contributed by atoms with E-state index < -0.39 is 0 Å². The third-order valence-corrected chi connectivity index (χ3v) is 2.77. The van der Waals surface area contributed by atoms with E-state index in [1.165, 1.54) is 11.8 Å². The first kappa shape index (κ1) is 12.9. The van der Waals surface area contributed by atoms with Crippen molar-refractivity contribution < 1.29 is 4.74 Å². The minimum Gasteiger partial charge on any atom is -0.496 e. The van der Waals surface area contributed by atoms with Gasteiger partial charge in [-0.3, -0.25) is 5.41 Å². The van der Waals surface area contributed by atoms with Crippen molar-refractivity contribution in [3.8, 4) is 5.75 Å². The summed E-state index contributed by atoms with van der Waals surface area (Å²) in [6.07, 6.45) is 0. The minimum atomic E-state index is 0.385. The molecule has 0 saturated heterocycles. The topological polar surface area (TPSA) is 71.1 Å². The molecule has 0 heterocycles. The molecule has 1 aromatic rings. The van der Waals surface area contributed by atoms with Crippen molar-refractivity contribution in [3.05, 3.63) is 23.8 Å². The normalized spacial score (nSPS) is 9.94. The summed E-state index contributed by atoms with van der Waals surface area (Å²) in [6.45, 7) is 2.40. The number of nitrogens with one attached hydrogen (secondary N) is 2. The van der Waals surface area contributed by atoms with E-state index >= 15 is 0 Å². The number of hydrogen-bond donors (Lipinski definition) is 3. The fraction of sp³-hybridized carbons (Fsp3) is 0.364. The van der Waals surface area contributed by atoms with Crippen LogP contribution in [0.1, 0.15) is 12.5 Å². The van der Waals surface area contributed by atoms with Crippen molar-refractivity contribution in [2.24, 2.45) is 5.73 Å². The first-order valence-corrected chi connectivity index (χ1v) is 6.05. The van der Waals surface area contributed by atoms with E-state index in [0.29, 0.717) is 11.7 Å². The fourth-order valence-electron chi connectivity index (χ4n) is 1.39. The predicted octanol–water partition coefficient (Wildman–Crippen LogP) is 2.25. The molecule has 1 aromatic carbocycles. The highest BCUT2D eigenvalue weighted by atomic mass is 32.2. The van der Waals surface area contributed by atoms with Crippen LogP contribution in [0.25, 0.3) is 0 Å². The minimum absolute atomic E-state index is 0.385. The Morgan fingerprint density at radius 3 is 2.88 bits per heavy atom. The lowest BCUT2D eigenvalue weighted by Crippen LogP contribution is -2.11. The molecule has 0 bridgehead atoms. The highest BCUT2D eigenvalue weighted by Crippen LogP contribution is 2.26. The number of hydrogen-bond acceptors (Lipinski definition) is 4. The second-order valence-electron chi connectivity index (χ2n) is 3.08. The Labute approximate surface area is 100 Å². The molecule has 4 N–H and O–H groups in total. The molecule has 0 atom stereocenters. The van der Waals surface area contributed by atoms with Crippen molar-refractivity contribution in [1.29, 1.82) is 5.41 Å². The average molecular weight is 239 g/mol. The van der Waals surface area contributed by atoms with Gasteiger partial charge in [0.25, 0.3) is 0 Å². The summed E-state index contributed by atoms with van der Waals surface area (Å²) in [6, 6.07) is 5.64. The summed E-state index contributed by atoms with van der Waals surface area (Å²) in [4.78, 5) is 0. The molecule has 1 rings (SSSR count). The molecule has 5 heteroatoms. The van der Waals surface area contributed by atoms with E-state index in [4.69, 9.17) is 15.9 Å². The van der Waals surface area contributed by atoms with Gasteiger partial charge in [0, 0.05) is 17.8 Å². The van der Waals surface area contributed by atoms with E-state index in [1.54, 1.807) is 7.11 Å². The van der Waals surface area contributed by atoms with E-state index in [1.807, 2.05) is 25.1 Å². The fourth-order valence-corrected chi connectivity index (χ4v) is 1.86. The van der Waals surface area contributed by atoms with Crippen LogP contribution in [0.15, 0.2) is 18.2 Å². The van der Waals surface area contributed by atoms with Crippen LogP contribution < -0.4 is 15.8 Å². The Morgan fingerprint density at radius 2 is 2.31 bits per heavy atom. The standard InChI is InChI=1S/C11H17N3OS/c1-3-16-11(13)14-9-5-4-6-10(15-2)8(9)7-12/h4-6H,3,7,12H2,1-2H3,(H2,13,14). The molecular weight excluding hydrogens is 222 g/mol. The van der Waals surface area contributed by atoms with Crippen LogP contribution in [0, 0.1) is 5.41 Å². The molecule has 16 heavy (non-hydrogen) atoms. The van der Waals surface area contributed by atoms with Gasteiger partial charge in [0.2, 0.25) is 0 Å². The zero-order chi connectivity index (χ0) is 12.0. The molecular formula is C11H17N3OS. The molecule has 0 unspecified atom stereocenters. The largest absolute Gasteiger partial charge is 0.496 e. The number of thioether (sulfide) groups is 1. The van der Waals surface area contributed by atoms with E-state index in [-0.39, 0.29) is 0 Å². The maximum atomic E-state index is 7.70. The van der Waals surface area contributed by atoms with Gasteiger partial charge in [0.15, 0.2) is 5.17 Å². The molecule has 0 aliphatic heterocycles. The van der Waals surface area contributed by atoms with Gasteiger partial charge in [0.05, 0.1) is 7.11 Å². The Morgan fingerprint density at radius 1 is 1.56 bits per heavy atom. The summed E-state index contributed by atoms with van der Waals surface area (Å²) >= 11 is 1.45. The van der Waals surface area contributed by atoms with Gasteiger partial charge < -0.3 is 15.8 Å². The number of anilines is 1. The van der Waals surface area contributed by atoms with Gasteiger partial charge in [-0.1, -0.05) is 24.8 Å². The van der Waals surface area contributed by atoms with Crippen LogP contribution in [0.4, 0.5) is 5.69 Å². The highest BCUT2D eigenvalue weighted by molar-refractivity contribution is 8.14. The lowest BCUT2D eigenvalue weighted by atomic mass is 10.1. The average Bonchev–Trinajstić information content (AvgIpc) is 2.29. The molecule has 0 saturated carbocycles. The number of nitrogens with two attached hydrogens (primary N) is 1. The number of benzene rings is 1. The maximum Gasteiger partial charge on any atom is 0.158 e. The first-order valence-electron chi connectivity index (χ1n) is 5.07. The zero-order valence-electron chi connectivity index (χ0n) is 9.54. The van der Waals surface area contributed by atoms with Crippen molar-refractivity contribution in [2.75, 3.05) is 18.2 Å². The second kappa shape index (κ2) is 6.40. The SMILES string of the molecule is CCSC(=N)Nc1cccc(OC)c1CN. The van der Waals surface area contributed by atoms with E-state index in [9.17, 15) is 0 Å². The van der Waals surface area contributed by atoms with Crippen LogP contribution in [-0.4, -0.2) is 18.0 Å². The third kappa shape index (κ3) is 3.15. The maximum absolute atomic E-state index is 7.70. The summed E-state index contributed by atoms with van der Waals surface area (Å²) in [5, 5.41) is 11.1. The van der Waals surface area contributed by atoms with Crippen LogP contribution in [0.5, 0.6) is 5.75 Å². The van der Waals surface area contributed by atoms with Crippen LogP contribution in [0.3, 0.4) is 0 Å². The van der Waals surface area contributed by atoms with E-state index in [0.717, 1.165) is 22.8 Å². The Hall–Kier alpha value is -1.20. The summed E-state index contributed by atoms with van der Waals surface area (Å²) in [5.41, 5.74) is 7.41. The zero-order valence-corrected chi connectivity index (χ0v) is 10.4. The first-order chi connectivity index (χ1) is 7.72. The van der Waals surface area contributed by atoms with Gasteiger partial charge in [-0.25, -0.2) is 0 Å². The second-order valence-corrected chi connectivity index (χ2v) is 4.35. The highest BCUT2D eigenvalue weighted by Gasteiger charge is 2.08. The van der Waals surface area contributed by atoms with Crippen LogP contribution >= 0.6 is 11.8 Å². The molecule has 0 radical (unpaired) electrons. The number of methoxy groups -OCH3 is 1. The lowest BCUT2D eigenvalue weighted by Gasteiger charge is -2.14. The van der Waals surface area contributed by atoms with Crippen LogP contribution in [0.2, 0.25) is 0 Å². The third-order valence-electron chi connectivity index (χ3n) is 2.09. The van der Waals surface area contributed by atoms with Crippen molar-refractivity contribution in [1.82, 2.24) is 0 Å². The quantitative estimate of drug-likeness (QED) is 0.556. The van der Waals surface area contributed by atoms with Crippen molar-refractivity contribution in [2.45, 2.75) is 13.5 Å². The molecule has 0 aliphatic rings. The number of rotatable bonds is 4. The summed E-state index contributed by atoms with van der Waals surface area (Å²) in [5.74, 6) is 1.62. The van der Waals surface area contributed by atoms with Gasteiger partial charge in [-0.05, 0) is 17.9 Å². The predicted molar refractivity (Wildman–Crippen MR) is 70.4 cm³/mol. The monoisotopic (exact) mass is 239 g/mol. The molecule has 0 aliphatic carbocycles. The van der Waals surface area contributed by atoms with Gasteiger partial charge in [-0.2, -0.15) is 0 Å². The Kier molecular flexibility index (Phi) is 5.14. The molecule has 0 amide bonds. The summed E-state index contributed by atoms with van der Waals surface area (Å²) in [7, 11) is 1.62. The van der Waals surface area contributed by atoms with Crippen molar-refractivity contribution >= 4 is 22.6 Å². The van der Waals surface area contributed by atoms with Gasteiger partial charge in [0.1, 0.15) is 5.75 Å². The Bertz CT molecular complexity index is 368. The van der Waals surface area contributed by atoms with Gasteiger partial charge in [-0.15, -0.1) is 0 Å². The van der Waals surface area contributed by atoms with Crippen LogP contribution in [-0.2, 0) is 6.54 Å². The summed E-state index contributed by atoms with van der Waals surface area (Å²) < 4.78 is 5.22. The smallest absolute Gasteiger partial charge is 0.158 e. The Balaban J connectivity index is 2.90. The molecule has 4 nitrogen and oxygen atoms in total. The molecule has 0 fully saturated rings. The van der Waals surface area contributed by atoms with Crippen molar-refractivity contribution in [3.63, 3.8) is 0 Å². The molecule has 0 spiro atoms. The van der Waals surface area contributed by atoms with Gasteiger partial charge >= 0.3 is 0 Å². The molecule has 88 valence electrons. The number of amidine groups is 1.